The highest BCUT2D eigenvalue weighted by Crippen LogP contribution is 2.28. The molecule has 1 saturated heterocycles. The summed E-state index contributed by atoms with van der Waals surface area (Å²) < 4.78 is 5.09. The van der Waals surface area contributed by atoms with Gasteiger partial charge in [-0.3, -0.25) is 4.79 Å². The van der Waals surface area contributed by atoms with Crippen molar-refractivity contribution < 1.29 is 19.2 Å². The fourth-order valence-corrected chi connectivity index (χ4v) is 4.79. The number of carbonyl (C=O) groups excluding carboxylic acids is 1. The number of hydrogen-bond donors (Lipinski definition) is 2. The monoisotopic (exact) mass is 464 g/mol. The molecule has 0 saturated carbocycles. The summed E-state index contributed by atoms with van der Waals surface area (Å²) in [6.45, 7) is 4.37. The van der Waals surface area contributed by atoms with Crippen molar-refractivity contribution in [2.75, 3.05) is 18.4 Å². The average molecular weight is 465 g/mol. The van der Waals surface area contributed by atoms with E-state index in [1.54, 1.807) is 24.9 Å². The molecule has 0 spiro atoms. The molecule has 168 valence electrons. The lowest BCUT2D eigenvalue weighted by Crippen LogP contribution is -2.31. The number of carboxylic acid groups (broad SMARTS) is 1. The number of aryl methyl sites for hydroxylation is 2. The van der Waals surface area contributed by atoms with Gasteiger partial charge in [-0.05, 0) is 30.9 Å². The van der Waals surface area contributed by atoms with Gasteiger partial charge >= 0.3 is 5.97 Å². The van der Waals surface area contributed by atoms with E-state index in [9.17, 15) is 14.7 Å². The van der Waals surface area contributed by atoms with Crippen LogP contribution in [0.3, 0.4) is 0 Å². The highest BCUT2D eigenvalue weighted by molar-refractivity contribution is 7.15. The van der Waals surface area contributed by atoms with Gasteiger partial charge in [-0.2, -0.15) is 4.98 Å². The zero-order chi connectivity index (χ0) is 23.1. The number of anilines is 1. The molecule has 1 aliphatic rings. The highest BCUT2D eigenvalue weighted by Gasteiger charge is 2.30. The molecule has 0 aliphatic carbocycles. The Morgan fingerprint density at radius 1 is 1.24 bits per heavy atom. The van der Waals surface area contributed by atoms with Crippen molar-refractivity contribution in [1.29, 1.82) is 0 Å². The Kier molecular flexibility index (Phi) is 5.25. The lowest BCUT2D eigenvalue weighted by molar-refractivity contribution is 0.0700. The van der Waals surface area contributed by atoms with Crippen molar-refractivity contribution in [3.63, 3.8) is 0 Å². The SMILES string of the molecule is Cc1nc(-c2ccc3ccnc(N[C@@H]4CCN(C(=O)c5nc(C)c(C(=O)O)s5)C4)c3c2)no1. The second-order valence-electron chi connectivity index (χ2n) is 7.85. The van der Waals surface area contributed by atoms with Crippen molar-refractivity contribution >= 4 is 39.8 Å². The minimum absolute atomic E-state index is 0.00290. The third-order valence-corrected chi connectivity index (χ3v) is 6.68. The summed E-state index contributed by atoms with van der Waals surface area (Å²) in [6.07, 6.45) is 2.48. The van der Waals surface area contributed by atoms with Gasteiger partial charge in [-0.25, -0.2) is 14.8 Å². The third kappa shape index (κ3) is 4.02. The zero-order valence-corrected chi connectivity index (χ0v) is 18.7. The molecule has 10 nitrogen and oxygen atoms in total. The van der Waals surface area contributed by atoms with Crippen LogP contribution in [0.5, 0.6) is 0 Å². The lowest BCUT2D eigenvalue weighted by atomic mass is 10.1. The first kappa shape index (κ1) is 21.0. The summed E-state index contributed by atoms with van der Waals surface area (Å²) >= 11 is 0.917. The normalized spacial score (nSPS) is 15.8. The first-order valence-corrected chi connectivity index (χ1v) is 11.2. The summed E-state index contributed by atoms with van der Waals surface area (Å²) in [5.74, 6) is 0.410. The van der Waals surface area contributed by atoms with Crippen LogP contribution in [0.1, 0.15) is 37.5 Å². The fourth-order valence-electron chi connectivity index (χ4n) is 3.92. The first-order chi connectivity index (χ1) is 15.9. The minimum Gasteiger partial charge on any atom is -0.477 e. The Labute approximate surface area is 192 Å². The van der Waals surface area contributed by atoms with E-state index in [-0.39, 0.29) is 21.8 Å². The van der Waals surface area contributed by atoms with Gasteiger partial charge in [0.1, 0.15) is 10.7 Å². The maximum atomic E-state index is 12.9. The molecule has 3 aromatic heterocycles. The Bertz CT molecular complexity index is 1380. The second kappa shape index (κ2) is 8.24. The van der Waals surface area contributed by atoms with Crippen LogP contribution >= 0.6 is 11.3 Å². The first-order valence-electron chi connectivity index (χ1n) is 10.3. The molecule has 1 aromatic carbocycles. The number of pyridine rings is 1. The summed E-state index contributed by atoms with van der Waals surface area (Å²) in [5, 5.41) is 18.8. The van der Waals surface area contributed by atoms with E-state index in [0.29, 0.717) is 36.3 Å². The van der Waals surface area contributed by atoms with Gasteiger partial charge in [-0.15, -0.1) is 11.3 Å². The molecule has 5 rings (SSSR count). The van der Waals surface area contributed by atoms with Crippen molar-refractivity contribution in [2.45, 2.75) is 26.3 Å². The Morgan fingerprint density at radius 2 is 2.09 bits per heavy atom. The van der Waals surface area contributed by atoms with Crippen LogP contribution in [0.15, 0.2) is 35.0 Å². The number of benzene rings is 1. The summed E-state index contributed by atoms with van der Waals surface area (Å²) in [6, 6.07) is 7.83. The van der Waals surface area contributed by atoms with Crippen LogP contribution in [0.2, 0.25) is 0 Å². The molecule has 1 atom stereocenters. The van der Waals surface area contributed by atoms with Gasteiger partial charge in [0.25, 0.3) is 5.91 Å². The molecular weight excluding hydrogens is 444 g/mol. The summed E-state index contributed by atoms with van der Waals surface area (Å²) in [7, 11) is 0. The number of carboxylic acids is 1. The maximum Gasteiger partial charge on any atom is 0.347 e. The molecular formula is C22H20N6O4S. The molecule has 1 aliphatic heterocycles. The number of aromatic nitrogens is 4. The molecule has 0 unspecified atom stereocenters. The van der Waals surface area contributed by atoms with E-state index in [1.807, 2.05) is 24.3 Å². The van der Waals surface area contributed by atoms with Gasteiger partial charge in [-0.1, -0.05) is 17.3 Å². The molecule has 1 fully saturated rings. The van der Waals surface area contributed by atoms with E-state index < -0.39 is 5.97 Å². The molecule has 2 N–H and O–H groups in total. The second-order valence-corrected chi connectivity index (χ2v) is 8.85. The van der Waals surface area contributed by atoms with Crippen LogP contribution in [0.25, 0.3) is 22.2 Å². The summed E-state index contributed by atoms with van der Waals surface area (Å²) in [4.78, 5) is 38.9. The number of likely N-dealkylation sites (tertiary alicyclic amines) is 1. The number of carbonyl (C=O) groups is 2. The van der Waals surface area contributed by atoms with E-state index in [2.05, 4.69) is 25.4 Å². The van der Waals surface area contributed by atoms with Crippen molar-refractivity contribution in [2.24, 2.45) is 0 Å². The number of amides is 1. The van der Waals surface area contributed by atoms with Crippen LogP contribution in [0, 0.1) is 13.8 Å². The Morgan fingerprint density at radius 3 is 2.82 bits per heavy atom. The van der Waals surface area contributed by atoms with E-state index >= 15 is 0 Å². The van der Waals surface area contributed by atoms with Gasteiger partial charge in [0.2, 0.25) is 11.7 Å². The van der Waals surface area contributed by atoms with Gasteiger partial charge in [0.05, 0.1) is 5.69 Å². The van der Waals surface area contributed by atoms with E-state index in [4.69, 9.17) is 4.52 Å². The zero-order valence-electron chi connectivity index (χ0n) is 17.9. The fraction of sp³-hybridized carbons (Fsp3) is 0.273. The van der Waals surface area contributed by atoms with E-state index in [0.717, 1.165) is 34.1 Å². The molecule has 1 amide bonds. The topological polar surface area (TPSA) is 134 Å². The van der Waals surface area contributed by atoms with Crippen LogP contribution in [0.4, 0.5) is 5.82 Å². The number of hydrogen-bond acceptors (Lipinski definition) is 9. The number of nitrogens with one attached hydrogen (secondary N) is 1. The Hall–Kier alpha value is -3.86. The minimum atomic E-state index is -1.07. The largest absolute Gasteiger partial charge is 0.477 e. The van der Waals surface area contributed by atoms with Gasteiger partial charge < -0.3 is 19.8 Å². The molecule has 4 heterocycles. The number of nitrogens with zero attached hydrogens (tertiary/aromatic N) is 5. The molecule has 0 radical (unpaired) electrons. The number of fused-ring (bicyclic) bond motifs is 1. The molecule has 11 heteroatoms. The lowest BCUT2D eigenvalue weighted by Gasteiger charge is -2.17. The third-order valence-electron chi connectivity index (χ3n) is 5.54. The molecule has 33 heavy (non-hydrogen) atoms. The smallest absolute Gasteiger partial charge is 0.347 e. The van der Waals surface area contributed by atoms with Gasteiger partial charge in [0, 0.05) is 43.2 Å². The average Bonchev–Trinajstić information content (AvgIpc) is 3.53. The van der Waals surface area contributed by atoms with Crippen molar-refractivity contribution in [1.82, 2.24) is 25.0 Å². The summed E-state index contributed by atoms with van der Waals surface area (Å²) in [5.41, 5.74) is 1.18. The highest BCUT2D eigenvalue weighted by atomic mass is 32.1. The van der Waals surface area contributed by atoms with Crippen LogP contribution < -0.4 is 5.32 Å². The quantitative estimate of drug-likeness (QED) is 0.456. The maximum absolute atomic E-state index is 12.9. The molecule has 4 aromatic rings. The van der Waals surface area contributed by atoms with Crippen molar-refractivity contribution in [3.8, 4) is 11.4 Å². The number of aromatic carboxylic acids is 1. The predicted octanol–water partition coefficient (Wildman–Crippen LogP) is 3.38. The van der Waals surface area contributed by atoms with E-state index in [1.165, 1.54) is 0 Å². The number of thiazole rings is 1. The van der Waals surface area contributed by atoms with Crippen molar-refractivity contribution in [3.05, 3.63) is 51.9 Å². The van der Waals surface area contributed by atoms with Crippen LogP contribution in [-0.2, 0) is 0 Å². The molecule has 0 bridgehead atoms. The predicted molar refractivity (Wildman–Crippen MR) is 122 cm³/mol. The van der Waals surface area contributed by atoms with Crippen LogP contribution in [-0.4, -0.2) is 61.1 Å². The standard InChI is InChI=1S/C22H20N6O4S/c1-11-17(22(30)31)33-20(24-11)21(29)28-8-6-15(10-28)26-19-16-9-14(18-25-12(2)32-27-18)4-3-13(16)5-7-23-19/h3-5,7,9,15H,6,8,10H2,1-2H3,(H,23,26)(H,30,31)/t15-/m1/s1. The van der Waals surface area contributed by atoms with Gasteiger partial charge in [0.15, 0.2) is 5.01 Å². The Balaban J connectivity index is 1.34. The number of rotatable bonds is 5.